The van der Waals surface area contributed by atoms with Crippen LogP contribution in [0.2, 0.25) is 0 Å². The predicted octanol–water partition coefficient (Wildman–Crippen LogP) is 4.43. The first kappa shape index (κ1) is 19.2. The summed E-state index contributed by atoms with van der Waals surface area (Å²) in [5.41, 5.74) is 5.74. The summed E-state index contributed by atoms with van der Waals surface area (Å²) in [6, 6.07) is 18.2. The Morgan fingerprint density at radius 1 is 0.862 bits per heavy atom. The molecule has 0 bridgehead atoms. The largest absolute Gasteiger partial charge is 0.324 e. The molecule has 0 aliphatic carbocycles. The van der Waals surface area contributed by atoms with E-state index in [2.05, 4.69) is 5.32 Å². The summed E-state index contributed by atoms with van der Waals surface area (Å²) < 4.78 is 27.8. The number of hydrogen-bond donors (Lipinski definition) is 1. The molecule has 0 unspecified atom stereocenters. The van der Waals surface area contributed by atoms with Gasteiger partial charge >= 0.3 is 0 Å². The normalized spacial score (nSPS) is 14.1. The van der Waals surface area contributed by atoms with Crippen LogP contribution < -0.4 is 9.62 Å². The number of aryl methyl sites for hydroxylation is 3. The average molecular weight is 407 g/mol. The maximum absolute atomic E-state index is 13.3. The predicted molar refractivity (Wildman–Crippen MR) is 116 cm³/mol. The Hall–Kier alpha value is -3.12. The van der Waals surface area contributed by atoms with Gasteiger partial charge in [0.05, 0.1) is 10.6 Å². The molecule has 4 rings (SSSR count). The Balaban J connectivity index is 1.73. The number of hydrogen-bond acceptors (Lipinski definition) is 3. The summed E-state index contributed by atoms with van der Waals surface area (Å²) in [5, 5.41) is 2.83. The van der Waals surface area contributed by atoms with Crippen LogP contribution in [0.15, 0.2) is 65.6 Å². The highest BCUT2D eigenvalue weighted by Crippen LogP contribution is 2.43. The second-order valence-electron chi connectivity index (χ2n) is 7.45. The van der Waals surface area contributed by atoms with Crippen molar-refractivity contribution in [3.63, 3.8) is 0 Å². The van der Waals surface area contributed by atoms with Crippen LogP contribution in [0, 0.1) is 20.8 Å². The van der Waals surface area contributed by atoms with E-state index in [0.29, 0.717) is 16.9 Å². The van der Waals surface area contributed by atoms with E-state index in [1.165, 1.54) is 4.31 Å². The van der Waals surface area contributed by atoms with Gasteiger partial charge in [-0.1, -0.05) is 35.9 Å². The van der Waals surface area contributed by atoms with Crippen LogP contribution >= 0.6 is 0 Å². The molecule has 1 heterocycles. The van der Waals surface area contributed by atoms with Crippen molar-refractivity contribution in [2.24, 2.45) is 0 Å². The van der Waals surface area contributed by atoms with Gasteiger partial charge in [-0.2, -0.15) is 0 Å². The lowest BCUT2D eigenvalue weighted by Crippen LogP contribution is -2.40. The van der Waals surface area contributed by atoms with Crippen LogP contribution in [0.4, 0.5) is 11.4 Å². The van der Waals surface area contributed by atoms with Crippen molar-refractivity contribution >= 4 is 27.3 Å². The number of rotatable bonds is 3. The van der Waals surface area contributed by atoms with Crippen LogP contribution in [0.5, 0.6) is 0 Å². The fourth-order valence-corrected chi connectivity index (χ4v) is 5.44. The third-order valence-corrected chi connectivity index (χ3v) is 6.78. The summed E-state index contributed by atoms with van der Waals surface area (Å²) in [4.78, 5) is 13.0. The summed E-state index contributed by atoms with van der Waals surface area (Å²) >= 11 is 0. The lowest BCUT2D eigenvalue weighted by molar-refractivity contribution is -0.114. The number of sulfonamides is 1. The number of nitrogens with one attached hydrogen (secondary N) is 1. The summed E-state index contributed by atoms with van der Waals surface area (Å²) in [6.45, 7) is 5.57. The maximum atomic E-state index is 13.3. The molecule has 6 heteroatoms. The molecule has 1 aliphatic heterocycles. The van der Waals surface area contributed by atoms with Crippen molar-refractivity contribution in [3.05, 3.63) is 77.4 Å². The highest BCUT2D eigenvalue weighted by molar-refractivity contribution is 7.93. The number of benzene rings is 3. The van der Waals surface area contributed by atoms with E-state index in [9.17, 15) is 13.2 Å². The van der Waals surface area contributed by atoms with Gasteiger partial charge in [-0.25, -0.2) is 8.42 Å². The molecule has 0 spiro atoms. The maximum Gasteiger partial charge on any atom is 0.265 e. The number of amides is 1. The number of fused-ring (bicyclic) bond motifs is 3. The molecule has 1 N–H and O–H groups in total. The van der Waals surface area contributed by atoms with Crippen LogP contribution in [-0.4, -0.2) is 20.9 Å². The van der Waals surface area contributed by atoms with E-state index in [1.54, 1.807) is 24.3 Å². The topological polar surface area (TPSA) is 66.5 Å². The van der Waals surface area contributed by atoms with Gasteiger partial charge in [0.15, 0.2) is 0 Å². The number of carbonyl (C=O) groups excluding carboxylic acids is 1. The lowest BCUT2D eigenvalue weighted by Gasteiger charge is -2.31. The SMILES string of the molecule is Cc1cc(C)cc(NC(=O)CN2c3ccc(C)cc3-c3ccccc3S2(=O)=O)c1. The molecular weight excluding hydrogens is 384 g/mol. The van der Waals surface area contributed by atoms with Gasteiger partial charge in [0.1, 0.15) is 6.54 Å². The molecule has 29 heavy (non-hydrogen) atoms. The molecule has 3 aromatic rings. The first-order chi connectivity index (χ1) is 13.8. The molecule has 5 nitrogen and oxygen atoms in total. The molecule has 0 aromatic heterocycles. The second kappa shape index (κ2) is 7.04. The van der Waals surface area contributed by atoms with E-state index >= 15 is 0 Å². The van der Waals surface area contributed by atoms with Gasteiger partial charge in [-0.05, 0) is 62.2 Å². The van der Waals surface area contributed by atoms with Gasteiger partial charge in [0, 0.05) is 16.8 Å². The minimum absolute atomic E-state index is 0.220. The van der Waals surface area contributed by atoms with Crippen LogP contribution in [0.1, 0.15) is 16.7 Å². The number of carbonyl (C=O) groups is 1. The van der Waals surface area contributed by atoms with Gasteiger partial charge in [-0.15, -0.1) is 0 Å². The van der Waals surface area contributed by atoms with E-state index in [-0.39, 0.29) is 17.3 Å². The van der Waals surface area contributed by atoms with Crippen molar-refractivity contribution in [3.8, 4) is 11.1 Å². The van der Waals surface area contributed by atoms with E-state index < -0.39 is 10.0 Å². The second-order valence-corrected chi connectivity index (χ2v) is 9.28. The molecule has 0 fully saturated rings. The third kappa shape index (κ3) is 3.51. The zero-order valence-corrected chi connectivity index (χ0v) is 17.4. The van der Waals surface area contributed by atoms with Crippen LogP contribution in [-0.2, 0) is 14.8 Å². The zero-order valence-electron chi connectivity index (χ0n) is 16.6. The fraction of sp³-hybridized carbons (Fsp3) is 0.174. The minimum Gasteiger partial charge on any atom is -0.324 e. The first-order valence-corrected chi connectivity index (χ1v) is 10.8. The van der Waals surface area contributed by atoms with E-state index in [1.807, 2.05) is 57.2 Å². The number of anilines is 2. The average Bonchev–Trinajstić information content (AvgIpc) is 2.64. The quantitative estimate of drug-likeness (QED) is 0.700. The Kier molecular flexibility index (Phi) is 4.67. The van der Waals surface area contributed by atoms with E-state index in [4.69, 9.17) is 0 Å². The molecule has 0 atom stereocenters. The Bertz CT molecular complexity index is 1210. The third-order valence-electron chi connectivity index (χ3n) is 4.96. The minimum atomic E-state index is -3.84. The molecule has 1 amide bonds. The molecule has 0 saturated heterocycles. The smallest absolute Gasteiger partial charge is 0.265 e. The van der Waals surface area contributed by atoms with Gasteiger partial charge < -0.3 is 5.32 Å². The van der Waals surface area contributed by atoms with Gasteiger partial charge in [-0.3, -0.25) is 9.10 Å². The molecular formula is C23H22N2O3S. The lowest BCUT2D eigenvalue weighted by atomic mass is 10.0. The monoisotopic (exact) mass is 406 g/mol. The van der Waals surface area contributed by atoms with E-state index in [0.717, 1.165) is 22.3 Å². The highest BCUT2D eigenvalue weighted by Gasteiger charge is 2.35. The van der Waals surface area contributed by atoms with Gasteiger partial charge in [0.25, 0.3) is 10.0 Å². The summed E-state index contributed by atoms with van der Waals surface area (Å²) in [5.74, 6) is -0.385. The Morgan fingerprint density at radius 3 is 2.28 bits per heavy atom. The number of nitrogens with zero attached hydrogens (tertiary/aromatic N) is 1. The Morgan fingerprint density at radius 2 is 1.55 bits per heavy atom. The Labute approximate surface area is 171 Å². The van der Waals surface area contributed by atoms with Crippen molar-refractivity contribution < 1.29 is 13.2 Å². The fourth-order valence-electron chi connectivity index (χ4n) is 3.79. The molecule has 3 aromatic carbocycles. The first-order valence-electron chi connectivity index (χ1n) is 9.36. The molecule has 148 valence electrons. The van der Waals surface area contributed by atoms with Crippen molar-refractivity contribution in [1.82, 2.24) is 0 Å². The zero-order chi connectivity index (χ0) is 20.8. The summed E-state index contributed by atoms with van der Waals surface area (Å²) in [6.07, 6.45) is 0. The van der Waals surface area contributed by atoms with Crippen molar-refractivity contribution in [2.75, 3.05) is 16.2 Å². The molecule has 0 radical (unpaired) electrons. The molecule has 0 saturated carbocycles. The van der Waals surface area contributed by atoms with Crippen LogP contribution in [0.25, 0.3) is 11.1 Å². The van der Waals surface area contributed by atoms with Gasteiger partial charge in [0.2, 0.25) is 5.91 Å². The van der Waals surface area contributed by atoms with Crippen molar-refractivity contribution in [1.29, 1.82) is 0 Å². The highest BCUT2D eigenvalue weighted by atomic mass is 32.2. The molecule has 1 aliphatic rings. The van der Waals surface area contributed by atoms with Crippen molar-refractivity contribution in [2.45, 2.75) is 25.7 Å². The standard InChI is InChI=1S/C23H22N2O3S/c1-15-8-9-21-20(13-15)19-6-4-5-7-22(19)29(27,28)25(21)14-23(26)24-18-11-16(2)10-17(3)12-18/h4-13H,14H2,1-3H3,(H,24,26). The summed E-state index contributed by atoms with van der Waals surface area (Å²) in [7, 11) is -3.84. The van der Waals surface area contributed by atoms with Crippen LogP contribution in [0.3, 0.4) is 0 Å².